The highest BCUT2D eigenvalue weighted by Crippen LogP contribution is 2.34. The Hall–Kier alpha value is -3.96. The maximum absolute atomic E-state index is 13.4. The number of carbonyl (C=O) groups is 3. The standard InChI is InChI=1S/C27H25N5O4S2/c1-2-36-22-12-6-5-11-20(22)29-24(34)16-38-27-31-19-10-4-3-9-18(19)25-30-21(26(35)32(25)27)14-23(33)28-15-17-8-7-13-37-17/h3-13,21H,2,14-16H2,1H3,(H,28,33)(H,29,34). The number of amides is 3. The molecular formula is C27H25N5O4S2. The number of benzene rings is 2. The lowest BCUT2D eigenvalue weighted by molar-refractivity contribution is -0.128. The lowest BCUT2D eigenvalue weighted by atomic mass is 10.1. The molecule has 1 unspecified atom stereocenters. The third-order valence-electron chi connectivity index (χ3n) is 5.76. The van der Waals surface area contributed by atoms with Crippen LogP contribution in [0.1, 0.15) is 23.8 Å². The average molecular weight is 548 g/mol. The summed E-state index contributed by atoms with van der Waals surface area (Å²) in [6.07, 6.45) is -0.0704. The van der Waals surface area contributed by atoms with Crippen LogP contribution in [-0.4, -0.2) is 52.0 Å². The molecule has 194 valence electrons. The molecule has 3 heterocycles. The van der Waals surface area contributed by atoms with Crippen LogP contribution < -0.4 is 15.4 Å². The minimum Gasteiger partial charge on any atom is -0.492 e. The zero-order valence-electron chi connectivity index (χ0n) is 20.5. The molecule has 2 aliphatic rings. The van der Waals surface area contributed by atoms with Gasteiger partial charge in [-0.1, -0.05) is 42.1 Å². The zero-order chi connectivity index (χ0) is 26.5. The lowest BCUT2D eigenvalue weighted by Gasteiger charge is -2.25. The molecule has 1 aromatic heterocycles. The summed E-state index contributed by atoms with van der Waals surface area (Å²) in [6, 6.07) is 17.6. The van der Waals surface area contributed by atoms with E-state index in [0.717, 1.165) is 16.6 Å². The van der Waals surface area contributed by atoms with Crippen molar-refractivity contribution in [3.05, 3.63) is 76.5 Å². The Kier molecular flexibility index (Phi) is 7.85. The molecule has 0 saturated carbocycles. The number of para-hydroxylation sites is 3. The fourth-order valence-corrected chi connectivity index (χ4v) is 5.49. The van der Waals surface area contributed by atoms with E-state index in [9.17, 15) is 14.4 Å². The van der Waals surface area contributed by atoms with Crippen molar-refractivity contribution in [3.63, 3.8) is 0 Å². The van der Waals surface area contributed by atoms with Gasteiger partial charge in [-0.3, -0.25) is 19.4 Å². The third kappa shape index (κ3) is 5.63. The number of aliphatic imine (C=N–C) groups is 2. The van der Waals surface area contributed by atoms with E-state index in [4.69, 9.17) is 4.74 Å². The summed E-state index contributed by atoms with van der Waals surface area (Å²) in [5, 5.41) is 8.01. The number of thioether (sulfide) groups is 1. The molecule has 0 aliphatic carbocycles. The molecule has 0 saturated heterocycles. The SMILES string of the molecule is CCOc1ccccc1NC(=O)CSC1=Nc2ccccc2C2=NC(CC(=O)NCc3cccs3)C(=O)N12. The van der Waals surface area contributed by atoms with Crippen molar-refractivity contribution in [2.75, 3.05) is 17.7 Å². The number of amidine groups is 2. The fourth-order valence-electron chi connectivity index (χ4n) is 4.05. The maximum Gasteiger partial charge on any atom is 0.259 e. The smallest absolute Gasteiger partial charge is 0.259 e. The van der Waals surface area contributed by atoms with Crippen molar-refractivity contribution < 1.29 is 19.1 Å². The van der Waals surface area contributed by atoms with Crippen LogP contribution in [0.5, 0.6) is 5.75 Å². The summed E-state index contributed by atoms with van der Waals surface area (Å²) in [5.74, 6) is 0.188. The Morgan fingerprint density at radius 2 is 1.89 bits per heavy atom. The number of hydrogen-bond acceptors (Lipinski definition) is 8. The molecular weight excluding hydrogens is 522 g/mol. The summed E-state index contributed by atoms with van der Waals surface area (Å²) < 4.78 is 5.58. The molecule has 3 amide bonds. The quantitative estimate of drug-likeness (QED) is 0.417. The van der Waals surface area contributed by atoms with Gasteiger partial charge in [0, 0.05) is 10.4 Å². The van der Waals surface area contributed by atoms with Crippen molar-refractivity contribution in [3.8, 4) is 5.75 Å². The summed E-state index contributed by atoms with van der Waals surface area (Å²) >= 11 is 2.69. The normalized spacial score (nSPS) is 15.8. The van der Waals surface area contributed by atoms with Gasteiger partial charge in [0.05, 0.1) is 36.7 Å². The number of rotatable bonds is 9. The highest BCUT2D eigenvalue weighted by Gasteiger charge is 2.42. The Labute approximate surface area is 228 Å². The minimum absolute atomic E-state index is 0.0183. The first kappa shape index (κ1) is 25.7. The average Bonchev–Trinajstić information content (AvgIpc) is 3.56. The Morgan fingerprint density at radius 3 is 2.71 bits per heavy atom. The number of nitrogens with one attached hydrogen (secondary N) is 2. The largest absolute Gasteiger partial charge is 0.492 e. The first-order valence-corrected chi connectivity index (χ1v) is 13.9. The van der Waals surface area contributed by atoms with Gasteiger partial charge in [-0.15, -0.1) is 11.3 Å². The van der Waals surface area contributed by atoms with E-state index < -0.39 is 6.04 Å². The molecule has 2 N–H and O–H groups in total. The summed E-state index contributed by atoms with van der Waals surface area (Å²) in [6.45, 7) is 2.76. The van der Waals surface area contributed by atoms with E-state index >= 15 is 0 Å². The zero-order valence-corrected chi connectivity index (χ0v) is 22.2. The van der Waals surface area contributed by atoms with E-state index in [1.165, 1.54) is 4.90 Å². The van der Waals surface area contributed by atoms with Crippen LogP contribution in [0.3, 0.4) is 0 Å². The van der Waals surface area contributed by atoms with Crippen LogP contribution in [0.15, 0.2) is 76.0 Å². The third-order valence-corrected chi connectivity index (χ3v) is 7.57. The Balaban J connectivity index is 1.29. The molecule has 5 rings (SSSR count). The van der Waals surface area contributed by atoms with Crippen LogP contribution in [0.25, 0.3) is 0 Å². The van der Waals surface area contributed by atoms with Gasteiger partial charge in [0.2, 0.25) is 11.8 Å². The first-order chi connectivity index (χ1) is 18.5. The van der Waals surface area contributed by atoms with Crippen molar-refractivity contribution in [2.45, 2.75) is 25.9 Å². The lowest BCUT2D eigenvalue weighted by Crippen LogP contribution is -2.42. The van der Waals surface area contributed by atoms with Crippen LogP contribution >= 0.6 is 23.1 Å². The van der Waals surface area contributed by atoms with E-state index in [0.29, 0.717) is 46.8 Å². The molecule has 3 aromatic rings. The molecule has 2 aromatic carbocycles. The number of nitrogens with zero attached hydrogens (tertiary/aromatic N) is 3. The summed E-state index contributed by atoms with van der Waals surface area (Å²) in [5.41, 5.74) is 1.94. The van der Waals surface area contributed by atoms with Gasteiger partial charge >= 0.3 is 0 Å². The summed E-state index contributed by atoms with van der Waals surface area (Å²) in [4.78, 5) is 50.5. The fraction of sp³-hybridized carbons (Fsp3) is 0.222. The van der Waals surface area contributed by atoms with Gasteiger partial charge in [0.25, 0.3) is 5.91 Å². The highest BCUT2D eigenvalue weighted by atomic mass is 32.2. The number of thiophene rings is 1. The minimum atomic E-state index is -0.864. The molecule has 0 fully saturated rings. The topological polar surface area (TPSA) is 112 Å². The van der Waals surface area contributed by atoms with Crippen molar-refractivity contribution in [2.24, 2.45) is 9.98 Å². The molecule has 0 spiro atoms. The molecule has 2 aliphatic heterocycles. The molecule has 0 bridgehead atoms. The van der Waals surface area contributed by atoms with E-state index in [1.54, 1.807) is 23.5 Å². The molecule has 11 heteroatoms. The van der Waals surface area contributed by atoms with Crippen LogP contribution in [0, 0.1) is 0 Å². The van der Waals surface area contributed by atoms with Gasteiger partial charge in [0.1, 0.15) is 17.6 Å². The van der Waals surface area contributed by atoms with Crippen molar-refractivity contribution in [1.29, 1.82) is 0 Å². The number of ether oxygens (including phenoxy) is 1. The second-order valence-electron chi connectivity index (χ2n) is 8.38. The van der Waals surface area contributed by atoms with Crippen LogP contribution in [-0.2, 0) is 20.9 Å². The van der Waals surface area contributed by atoms with Crippen molar-refractivity contribution >= 4 is 63.2 Å². The number of fused-ring (bicyclic) bond motifs is 3. The monoisotopic (exact) mass is 547 g/mol. The van der Waals surface area contributed by atoms with Gasteiger partial charge in [-0.25, -0.2) is 9.89 Å². The van der Waals surface area contributed by atoms with Crippen LogP contribution in [0.4, 0.5) is 11.4 Å². The number of hydrogen-bond donors (Lipinski definition) is 2. The van der Waals surface area contributed by atoms with E-state index in [2.05, 4.69) is 20.6 Å². The predicted molar refractivity (Wildman–Crippen MR) is 150 cm³/mol. The summed E-state index contributed by atoms with van der Waals surface area (Å²) in [7, 11) is 0. The highest BCUT2D eigenvalue weighted by molar-refractivity contribution is 8.14. The second-order valence-corrected chi connectivity index (χ2v) is 10.4. The molecule has 9 nitrogen and oxygen atoms in total. The van der Waals surface area contributed by atoms with Gasteiger partial charge in [-0.2, -0.15) is 0 Å². The Morgan fingerprint density at radius 1 is 1.08 bits per heavy atom. The molecule has 0 radical (unpaired) electrons. The van der Waals surface area contributed by atoms with E-state index in [1.807, 2.05) is 60.8 Å². The molecule has 1 atom stereocenters. The predicted octanol–water partition coefficient (Wildman–Crippen LogP) is 4.18. The van der Waals surface area contributed by atoms with Gasteiger partial charge in [-0.05, 0) is 42.6 Å². The molecule has 38 heavy (non-hydrogen) atoms. The second kappa shape index (κ2) is 11.6. The van der Waals surface area contributed by atoms with Gasteiger partial charge < -0.3 is 15.4 Å². The Bertz CT molecular complexity index is 1420. The van der Waals surface area contributed by atoms with Crippen molar-refractivity contribution in [1.82, 2.24) is 10.2 Å². The number of anilines is 1. The first-order valence-electron chi connectivity index (χ1n) is 12.1. The maximum atomic E-state index is 13.4. The van der Waals surface area contributed by atoms with E-state index in [-0.39, 0.29) is 29.9 Å². The number of carbonyl (C=O) groups excluding carboxylic acids is 3. The van der Waals surface area contributed by atoms with Crippen LogP contribution in [0.2, 0.25) is 0 Å². The van der Waals surface area contributed by atoms with Gasteiger partial charge in [0.15, 0.2) is 5.17 Å².